The fraction of sp³-hybridized carbons (Fsp3) is 0.562. The zero-order valence-corrected chi connectivity index (χ0v) is 12.2. The van der Waals surface area contributed by atoms with Crippen molar-refractivity contribution in [3.63, 3.8) is 0 Å². The monoisotopic (exact) mass is 276 g/mol. The molecule has 0 amide bonds. The fourth-order valence-electron chi connectivity index (χ4n) is 2.74. The van der Waals surface area contributed by atoms with Gasteiger partial charge < -0.3 is 10.4 Å². The fourth-order valence-corrected chi connectivity index (χ4v) is 2.74. The van der Waals surface area contributed by atoms with Gasteiger partial charge in [-0.1, -0.05) is 30.3 Å². The summed E-state index contributed by atoms with van der Waals surface area (Å²) in [6, 6.07) is 10.9. The predicted octanol–water partition coefficient (Wildman–Crippen LogP) is 1.96. The van der Waals surface area contributed by atoms with Crippen LogP contribution in [0.3, 0.4) is 0 Å². The lowest BCUT2D eigenvalue weighted by atomic mass is 9.93. The zero-order chi connectivity index (χ0) is 14.5. The molecule has 0 aliphatic carbocycles. The Morgan fingerprint density at radius 2 is 2.05 bits per heavy atom. The molecule has 0 radical (unpaired) electrons. The first kappa shape index (κ1) is 15.0. The standard InChI is InChI=1S/C16H24N2O2/c1-12(2)18-10-14(16(19)20)8-15(11-18)17-9-13-6-4-3-5-7-13/h3-7,12,14-15,17H,8-11H2,1-2H3,(H,19,20). The van der Waals surface area contributed by atoms with E-state index in [1.165, 1.54) is 5.56 Å². The van der Waals surface area contributed by atoms with Gasteiger partial charge in [0.05, 0.1) is 5.92 Å². The van der Waals surface area contributed by atoms with Crippen LogP contribution in [0.1, 0.15) is 25.8 Å². The number of carbonyl (C=O) groups is 1. The smallest absolute Gasteiger partial charge is 0.307 e. The van der Waals surface area contributed by atoms with E-state index in [1.807, 2.05) is 18.2 Å². The third-order valence-electron chi connectivity index (χ3n) is 4.00. The molecule has 2 atom stereocenters. The van der Waals surface area contributed by atoms with Gasteiger partial charge >= 0.3 is 5.97 Å². The third-order valence-corrected chi connectivity index (χ3v) is 4.00. The lowest BCUT2D eigenvalue weighted by Gasteiger charge is -2.38. The summed E-state index contributed by atoms with van der Waals surface area (Å²) < 4.78 is 0. The Labute approximate surface area is 120 Å². The quantitative estimate of drug-likeness (QED) is 0.863. The van der Waals surface area contributed by atoms with Gasteiger partial charge in [0.1, 0.15) is 0 Å². The Morgan fingerprint density at radius 3 is 2.65 bits per heavy atom. The predicted molar refractivity (Wildman–Crippen MR) is 79.5 cm³/mol. The molecule has 0 bridgehead atoms. The Hall–Kier alpha value is -1.39. The summed E-state index contributed by atoms with van der Waals surface area (Å²) in [6.45, 7) is 6.63. The second kappa shape index (κ2) is 6.86. The highest BCUT2D eigenvalue weighted by Crippen LogP contribution is 2.19. The van der Waals surface area contributed by atoms with E-state index in [0.29, 0.717) is 19.0 Å². The van der Waals surface area contributed by atoms with Crippen LogP contribution in [0, 0.1) is 5.92 Å². The number of rotatable bonds is 5. The highest BCUT2D eigenvalue weighted by Gasteiger charge is 2.32. The minimum atomic E-state index is -0.679. The van der Waals surface area contributed by atoms with E-state index in [0.717, 1.165) is 13.1 Å². The lowest BCUT2D eigenvalue weighted by molar-refractivity contribution is -0.144. The van der Waals surface area contributed by atoms with Crippen molar-refractivity contribution in [2.45, 2.75) is 38.9 Å². The van der Waals surface area contributed by atoms with Crippen LogP contribution < -0.4 is 5.32 Å². The molecule has 0 aromatic heterocycles. The first-order chi connectivity index (χ1) is 9.56. The summed E-state index contributed by atoms with van der Waals surface area (Å²) in [5.41, 5.74) is 1.24. The molecule has 2 N–H and O–H groups in total. The Balaban J connectivity index is 1.94. The van der Waals surface area contributed by atoms with E-state index in [1.54, 1.807) is 0 Å². The topological polar surface area (TPSA) is 52.6 Å². The summed E-state index contributed by atoms with van der Waals surface area (Å²) >= 11 is 0. The number of carboxylic acid groups (broad SMARTS) is 1. The Kier molecular flexibility index (Phi) is 5.15. The van der Waals surface area contributed by atoms with E-state index in [4.69, 9.17) is 0 Å². The molecule has 2 rings (SSSR count). The average Bonchev–Trinajstić information content (AvgIpc) is 2.45. The summed E-state index contributed by atoms with van der Waals surface area (Å²) in [4.78, 5) is 13.5. The van der Waals surface area contributed by atoms with Crippen molar-refractivity contribution in [2.24, 2.45) is 5.92 Å². The number of nitrogens with one attached hydrogen (secondary N) is 1. The van der Waals surface area contributed by atoms with Crippen LogP contribution in [0.2, 0.25) is 0 Å². The molecule has 0 saturated carbocycles. The van der Waals surface area contributed by atoms with E-state index < -0.39 is 5.97 Å². The number of nitrogens with zero attached hydrogens (tertiary/aromatic N) is 1. The lowest BCUT2D eigenvalue weighted by Crippen LogP contribution is -2.52. The minimum Gasteiger partial charge on any atom is -0.481 e. The van der Waals surface area contributed by atoms with Crippen molar-refractivity contribution in [3.05, 3.63) is 35.9 Å². The summed E-state index contributed by atoms with van der Waals surface area (Å²) in [5.74, 6) is -0.943. The van der Waals surface area contributed by atoms with E-state index >= 15 is 0 Å². The van der Waals surface area contributed by atoms with Crippen molar-refractivity contribution in [2.75, 3.05) is 13.1 Å². The molecular weight excluding hydrogens is 252 g/mol. The van der Waals surface area contributed by atoms with Crippen LogP contribution >= 0.6 is 0 Å². The zero-order valence-electron chi connectivity index (χ0n) is 12.2. The Morgan fingerprint density at radius 1 is 1.35 bits per heavy atom. The number of likely N-dealkylation sites (tertiary alicyclic amines) is 1. The van der Waals surface area contributed by atoms with Crippen LogP contribution in [-0.2, 0) is 11.3 Å². The van der Waals surface area contributed by atoms with Gasteiger partial charge in [0, 0.05) is 31.7 Å². The van der Waals surface area contributed by atoms with Gasteiger partial charge in [0.25, 0.3) is 0 Å². The highest BCUT2D eigenvalue weighted by molar-refractivity contribution is 5.70. The van der Waals surface area contributed by atoms with Gasteiger partial charge in [0.15, 0.2) is 0 Å². The molecule has 1 fully saturated rings. The maximum Gasteiger partial charge on any atom is 0.307 e. The van der Waals surface area contributed by atoms with Gasteiger partial charge in [-0.15, -0.1) is 0 Å². The van der Waals surface area contributed by atoms with Gasteiger partial charge in [0.2, 0.25) is 0 Å². The van der Waals surface area contributed by atoms with Crippen molar-refractivity contribution in [1.29, 1.82) is 0 Å². The van der Waals surface area contributed by atoms with E-state index in [9.17, 15) is 9.90 Å². The molecule has 0 spiro atoms. The molecule has 4 nitrogen and oxygen atoms in total. The van der Waals surface area contributed by atoms with E-state index in [-0.39, 0.29) is 12.0 Å². The molecule has 1 aromatic carbocycles. The van der Waals surface area contributed by atoms with Crippen LogP contribution in [0.5, 0.6) is 0 Å². The molecule has 1 saturated heterocycles. The van der Waals surface area contributed by atoms with Crippen molar-refractivity contribution < 1.29 is 9.90 Å². The minimum absolute atomic E-state index is 0.243. The number of carboxylic acids is 1. The number of aliphatic carboxylic acids is 1. The maximum absolute atomic E-state index is 11.3. The van der Waals surface area contributed by atoms with Crippen molar-refractivity contribution in [3.8, 4) is 0 Å². The molecule has 1 aromatic rings. The molecular formula is C16H24N2O2. The summed E-state index contributed by atoms with van der Waals surface area (Å²) in [6.07, 6.45) is 0.714. The molecule has 1 aliphatic rings. The molecule has 110 valence electrons. The number of benzene rings is 1. The second-order valence-corrected chi connectivity index (χ2v) is 5.88. The van der Waals surface area contributed by atoms with E-state index in [2.05, 4.69) is 36.2 Å². The normalized spacial score (nSPS) is 23.9. The van der Waals surface area contributed by atoms with Crippen LogP contribution in [0.25, 0.3) is 0 Å². The van der Waals surface area contributed by atoms with Gasteiger partial charge in [-0.25, -0.2) is 0 Å². The highest BCUT2D eigenvalue weighted by atomic mass is 16.4. The third kappa shape index (κ3) is 4.05. The first-order valence-corrected chi connectivity index (χ1v) is 7.30. The number of hydrogen-bond donors (Lipinski definition) is 2. The van der Waals surface area contributed by atoms with Gasteiger partial charge in [-0.3, -0.25) is 9.69 Å². The number of piperidine rings is 1. The second-order valence-electron chi connectivity index (χ2n) is 5.88. The summed E-state index contributed by atoms with van der Waals surface area (Å²) in [7, 11) is 0. The summed E-state index contributed by atoms with van der Waals surface area (Å²) in [5, 5.41) is 12.8. The van der Waals surface area contributed by atoms with Crippen molar-refractivity contribution >= 4 is 5.97 Å². The van der Waals surface area contributed by atoms with Gasteiger partial charge in [-0.05, 0) is 25.8 Å². The Bertz CT molecular complexity index is 433. The average molecular weight is 276 g/mol. The number of hydrogen-bond acceptors (Lipinski definition) is 3. The van der Waals surface area contributed by atoms with Crippen molar-refractivity contribution in [1.82, 2.24) is 10.2 Å². The van der Waals surface area contributed by atoms with Crippen LogP contribution in [-0.4, -0.2) is 41.1 Å². The molecule has 4 heteroatoms. The van der Waals surface area contributed by atoms with Crippen LogP contribution in [0.15, 0.2) is 30.3 Å². The molecule has 20 heavy (non-hydrogen) atoms. The SMILES string of the molecule is CC(C)N1CC(NCc2ccccc2)CC(C(=O)O)C1. The van der Waals surface area contributed by atoms with Crippen LogP contribution in [0.4, 0.5) is 0 Å². The molecule has 2 unspecified atom stereocenters. The largest absolute Gasteiger partial charge is 0.481 e. The molecule has 1 heterocycles. The maximum atomic E-state index is 11.3. The first-order valence-electron chi connectivity index (χ1n) is 7.30. The van der Waals surface area contributed by atoms with Gasteiger partial charge in [-0.2, -0.15) is 0 Å². The molecule has 1 aliphatic heterocycles.